The molecule has 0 saturated heterocycles. The van der Waals surface area contributed by atoms with E-state index in [0.717, 1.165) is 0 Å². The van der Waals surface area contributed by atoms with Crippen LogP contribution in [0.25, 0.3) is 0 Å². The lowest BCUT2D eigenvalue weighted by Crippen LogP contribution is -2.13. The standard InChI is InChI=1S/C12H13N5O2/c1-14-10-6-9(16-17-10)12(19)15-8-4-2-7(3-5-8)11(13)18/h2-6H,1H3,(H2,13,18)(H,15,19)(H2,14,16,17). The molecule has 0 aliphatic rings. The van der Waals surface area contributed by atoms with Crippen molar-refractivity contribution in [2.24, 2.45) is 5.73 Å². The van der Waals surface area contributed by atoms with Crippen molar-refractivity contribution in [2.45, 2.75) is 0 Å². The Morgan fingerprint density at radius 1 is 1.26 bits per heavy atom. The van der Waals surface area contributed by atoms with Gasteiger partial charge in [-0.3, -0.25) is 14.7 Å². The second-order valence-corrected chi connectivity index (χ2v) is 3.81. The zero-order valence-corrected chi connectivity index (χ0v) is 10.2. The number of primary amides is 1. The molecular weight excluding hydrogens is 246 g/mol. The number of anilines is 2. The Hall–Kier alpha value is -2.83. The van der Waals surface area contributed by atoms with Crippen LogP contribution < -0.4 is 16.4 Å². The largest absolute Gasteiger partial charge is 0.372 e. The number of carbonyl (C=O) groups excluding carboxylic acids is 2. The number of aromatic nitrogens is 2. The third kappa shape index (κ3) is 2.89. The van der Waals surface area contributed by atoms with Crippen LogP contribution in [0.15, 0.2) is 30.3 Å². The SMILES string of the molecule is CNc1cc(C(=O)Nc2ccc(C(N)=O)cc2)[nH]n1. The van der Waals surface area contributed by atoms with Crippen LogP contribution in [-0.4, -0.2) is 29.1 Å². The number of H-pyrrole nitrogens is 1. The summed E-state index contributed by atoms with van der Waals surface area (Å²) in [5, 5.41) is 12.0. The Morgan fingerprint density at radius 2 is 1.95 bits per heavy atom. The summed E-state index contributed by atoms with van der Waals surface area (Å²) in [6, 6.07) is 7.89. The number of nitrogens with one attached hydrogen (secondary N) is 3. The highest BCUT2D eigenvalue weighted by Gasteiger charge is 2.09. The smallest absolute Gasteiger partial charge is 0.273 e. The minimum absolute atomic E-state index is 0.319. The molecule has 0 aliphatic carbocycles. The van der Waals surface area contributed by atoms with E-state index in [0.29, 0.717) is 22.8 Å². The summed E-state index contributed by atoms with van der Waals surface area (Å²) < 4.78 is 0. The van der Waals surface area contributed by atoms with Gasteiger partial charge in [-0.1, -0.05) is 0 Å². The van der Waals surface area contributed by atoms with Gasteiger partial charge in [0, 0.05) is 24.4 Å². The highest BCUT2D eigenvalue weighted by Crippen LogP contribution is 2.11. The van der Waals surface area contributed by atoms with Gasteiger partial charge in [0.15, 0.2) is 0 Å². The molecule has 0 unspecified atom stereocenters. The van der Waals surface area contributed by atoms with Crippen molar-refractivity contribution in [2.75, 3.05) is 17.7 Å². The van der Waals surface area contributed by atoms with Gasteiger partial charge in [-0.15, -0.1) is 0 Å². The number of benzene rings is 1. The summed E-state index contributed by atoms with van der Waals surface area (Å²) in [4.78, 5) is 22.8. The molecule has 1 aromatic carbocycles. The van der Waals surface area contributed by atoms with Crippen molar-refractivity contribution in [1.29, 1.82) is 0 Å². The maximum absolute atomic E-state index is 11.9. The zero-order valence-electron chi connectivity index (χ0n) is 10.2. The first kappa shape index (κ1) is 12.6. The van der Waals surface area contributed by atoms with Gasteiger partial charge >= 0.3 is 0 Å². The van der Waals surface area contributed by atoms with Gasteiger partial charge in [0.05, 0.1) is 0 Å². The molecule has 2 rings (SSSR count). The number of aromatic amines is 1. The first-order valence-corrected chi connectivity index (χ1v) is 5.54. The molecule has 2 aromatic rings. The van der Waals surface area contributed by atoms with Crippen LogP contribution >= 0.6 is 0 Å². The fourth-order valence-electron chi connectivity index (χ4n) is 1.48. The van der Waals surface area contributed by atoms with Crippen molar-refractivity contribution in [3.05, 3.63) is 41.6 Å². The molecular formula is C12H13N5O2. The van der Waals surface area contributed by atoms with E-state index in [2.05, 4.69) is 20.8 Å². The monoisotopic (exact) mass is 259 g/mol. The summed E-state index contributed by atoms with van der Waals surface area (Å²) in [5.41, 5.74) is 6.42. The number of carbonyl (C=O) groups is 2. The molecule has 7 heteroatoms. The summed E-state index contributed by atoms with van der Waals surface area (Å²) in [6.45, 7) is 0. The zero-order chi connectivity index (χ0) is 13.8. The molecule has 0 spiro atoms. The number of hydrogen-bond acceptors (Lipinski definition) is 4. The third-order valence-electron chi connectivity index (χ3n) is 2.51. The normalized spacial score (nSPS) is 9.95. The van der Waals surface area contributed by atoms with Crippen LogP contribution in [0.5, 0.6) is 0 Å². The fraction of sp³-hybridized carbons (Fsp3) is 0.0833. The van der Waals surface area contributed by atoms with E-state index >= 15 is 0 Å². The summed E-state index contributed by atoms with van der Waals surface area (Å²) >= 11 is 0. The average Bonchev–Trinajstić information content (AvgIpc) is 2.88. The van der Waals surface area contributed by atoms with E-state index in [-0.39, 0.29) is 5.91 Å². The van der Waals surface area contributed by atoms with E-state index in [1.165, 1.54) is 0 Å². The Balaban J connectivity index is 2.08. The summed E-state index contributed by atoms with van der Waals surface area (Å²) in [6.07, 6.45) is 0. The van der Waals surface area contributed by atoms with E-state index < -0.39 is 5.91 Å². The van der Waals surface area contributed by atoms with Gasteiger partial charge in [-0.05, 0) is 24.3 Å². The molecule has 98 valence electrons. The van der Waals surface area contributed by atoms with Crippen LogP contribution in [0.1, 0.15) is 20.8 Å². The van der Waals surface area contributed by atoms with Gasteiger partial charge in [0.2, 0.25) is 5.91 Å². The van der Waals surface area contributed by atoms with Crippen molar-refractivity contribution < 1.29 is 9.59 Å². The second kappa shape index (κ2) is 5.21. The number of nitrogens with zero attached hydrogens (tertiary/aromatic N) is 1. The van der Waals surface area contributed by atoms with E-state index in [1.807, 2.05) is 0 Å². The van der Waals surface area contributed by atoms with E-state index in [4.69, 9.17) is 5.73 Å². The van der Waals surface area contributed by atoms with Gasteiger partial charge in [0.25, 0.3) is 5.91 Å². The number of amides is 2. The Morgan fingerprint density at radius 3 is 2.47 bits per heavy atom. The summed E-state index contributed by atoms with van der Waals surface area (Å²) in [7, 11) is 1.71. The second-order valence-electron chi connectivity index (χ2n) is 3.81. The molecule has 1 heterocycles. The number of hydrogen-bond donors (Lipinski definition) is 4. The first-order valence-electron chi connectivity index (χ1n) is 5.54. The van der Waals surface area contributed by atoms with Crippen LogP contribution in [0, 0.1) is 0 Å². The Bertz CT molecular complexity index is 603. The van der Waals surface area contributed by atoms with Crippen LogP contribution in [0.3, 0.4) is 0 Å². The van der Waals surface area contributed by atoms with Crippen LogP contribution in [0.2, 0.25) is 0 Å². The predicted octanol–water partition coefficient (Wildman–Crippen LogP) is 0.803. The lowest BCUT2D eigenvalue weighted by Gasteiger charge is -2.03. The highest BCUT2D eigenvalue weighted by molar-refractivity contribution is 6.03. The molecule has 0 bridgehead atoms. The van der Waals surface area contributed by atoms with Crippen molar-refractivity contribution in [3.8, 4) is 0 Å². The number of rotatable bonds is 4. The molecule has 1 aromatic heterocycles. The van der Waals surface area contributed by atoms with Gasteiger partial charge in [0.1, 0.15) is 11.5 Å². The fourth-order valence-corrected chi connectivity index (χ4v) is 1.48. The van der Waals surface area contributed by atoms with Crippen LogP contribution in [0.4, 0.5) is 11.5 Å². The molecule has 7 nitrogen and oxygen atoms in total. The molecule has 19 heavy (non-hydrogen) atoms. The number of nitrogens with two attached hydrogens (primary N) is 1. The lowest BCUT2D eigenvalue weighted by atomic mass is 10.2. The minimum Gasteiger partial charge on any atom is -0.372 e. The maximum atomic E-state index is 11.9. The molecule has 0 fully saturated rings. The predicted molar refractivity (Wildman–Crippen MR) is 71.0 cm³/mol. The molecule has 5 N–H and O–H groups in total. The van der Waals surface area contributed by atoms with E-state index in [9.17, 15) is 9.59 Å². The van der Waals surface area contributed by atoms with Crippen molar-refractivity contribution in [3.63, 3.8) is 0 Å². The minimum atomic E-state index is -0.509. The molecule has 0 saturated carbocycles. The maximum Gasteiger partial charge on any atom is 0.273 e. The van der Waals surface area contributed by atoms with Gasteiger partial charge in [-0.25, -0.2) is 0 Å². The molecule has 0 radical (unpaired) electrons. The topological polar surface area (TPSA) is 113 Å². The van der Waals surface area contributed by atoms with E-state index in [1.54, 1.807) is 37.4 Å². The molecule has 2 amide bonds. The van der Waals surface area contributed by atoms with Crippen molar-refractivity contribution in [1.82, 2.24) is 10.2 Å². The summed E-state index contributed by atoms with van der Waals surface area (Å²) in [5.74, 6) is -0.250. The Kier molecular flexibility index (Phi) is 3.46. The quantitative estimate of drug-likeness (QED) is 0.650. The Labute approximate surface area is 109 Å². The molecule has 0 aliphatic heterocycles. The average molecular weight is 259 g/mol. The molecule has 0 atom stereocenters. The van der Waals surface area contributed by atoms with Crippen molar-refractivity contribution >= 4 is 23.3 Å². The van der Waals surface area contributed by atoms with Gasteiger partial charge in [-0.2, -0.15) is 5.10 Å². The van der Waals surface area contributed by atoms with Crippen LogP contribution in [-0.2, 0) is 0 Å². The third-order valence-corrected chi connectivity index (χ3v) is 2.51. The highest BCUT2D eigenvalue weighted by atomic mass is 16.2. The van der Waals surface area contributed by atoms with Gasteiger partial charge < -0.3 is 16.4 Å². The first-order chi connectivity index (χ1) is 9.10. The lowest BCUT2D eigenvalue weighted by molar-refractivity contribution is 0.0998.